The van der Waals surface area contributed by atoms with Crippen LogP contribution in [0.4, 0.5) is 4.79 Å². The number of hydrogen-bond acceptors (Lipinski definition) is 5. The van der Waals surface area contributed by atoms with E-state index in [0.29, 0.717) is 4.99 Å². The highest BCUT2D eigenvalue weighted by molar-refractivity contribution is 7.81. The topological polar surface area (TPSA) is 78.9 Å². The molecule has 6 nitrogen and oxygen atoms in total. The van der Waals surface area contributed by atoms with Crippen molar-refractivity contribution in [2.75, 3.05) is 7.05 Å². The molecule has 0 aliphatic rings. The fourth-order valence-corrected chi connectivity index (χ4v) is 2.27. The summed E-state index contributed by atoms with van der Waals surface area (Å²) in [5.41, 5.74) is 5.97. The van der Waals surface area contributed by atoms with Crippen LogP contribution in [0.1, 0.15) is 4.88 Å². The van der Waals surface area contributed by atoms with Gasteiger partial charge in [0.15, 0.2) is 0 Å². The van der Waals surface area contributed by atoms with Gasteiger partial charge in [0.05, 0.1) is 4.88 Å². The van der Waals surface area contributed by atoms with Crippen LogP contribution in [0, 0.1) is 0 Å². The maximum absolute atomic E-state index is 11.0. The number of carbonyl (C=O) groups excluding carboxylic acids is 1. The zero-order valence-corrected chi connectivity index (χ0v) is 11.6. The number of rotatable bonds is 2. The summed E-state index contributed by atoms with van der Waals surface area (Å²) in [6.07, 6.45) is 5.10. The molecule has 8 heteroatoms. The summed E-state index contributed by atoms with van der Waals surface area (Å²) in [6.45, 7) is 0. The van der Waals surface area contributed by atoms with Crippen LogP contribution in [0.5, 0.6) is 0 Å². The number of thiocarbonyl (C=S) groups is 1. The van der Waals surface area contributed by atoms with Gasteiger partial charge in [0, 0.05) is 31.2 Å². The van der Waals surface area contributed by atoms with Gasteiger partial charge in [-0.05, 0) is 12.1 Å². The third-order valence-corrected chi connectivity index (χ3v) is 3.67. The smallest absolute Gasteiger partial charge is 0.333 e. The van der Waals surface area contributed by atoms with E-state index in [1.807, 2.05) is 12.1 Å². The predicted octanol–water partition coefficient (Wildman–Crippen LogP) is 1.31. The first-order valence-electron chi connectivity index (χ1n) is 5.35. The molecule has 2 aromatic rings. The van der Waals surface area contributed by atoms with Crippen molar-refractivity contribution in [3.8, 4) is 10.6 Å². The van der Waals surface area contributed by atoms with E-state index in [1.54, 1.807) is 18.6 Å². The lowest BCUT2D eigenvalue weighted by Gasteiger charge is -2.06. The number of urea groups is 1. The minimum atomic E-state index is -0.362. The first-order valence-corrected chi connectivity index (χ1v) is 6.57. The van der Waals surface area contributed by atoms with Crippen molar-refractivity contribution in [2.24, 2.45) is 0 Å². The molecule has 0 aliphatic heterocycles. The second-order valence-electron chi connectivity index (χ2n) is 3.43. The molecule has 98 valence electrons. The van der Waals surface area contributed by atoms with Crippen LogP contribution < -0.4 is 16.2 Å². The van der Waals surface area contributed by atoms with Crippen molar-refractivity contribution in [3.63, 3.8) is 0 Å². The number of thiazole rings is 1. The van der Waals surface area contributed by atoms with Crippen molar-refractivity contribution in [2.45, 2.75) is 0 Å². The number of pyridine rings is 1. The molecule has 0 atom stereocenters. The van der Waals surface area contributed by atoms with Crippen LogP contribution in [-0.4, -0.2) is 28.0 Å². The number of nitrogens with zero attached hydrogens (tertiary/aromatic N) is 2. The van der Waals surface area contributed by atoms with E-state index < -0.39 is 0 Å². The van der Waals surface area contributed by atoms with Gasteiger partial charge in [-0.25, -0.2) is 9.78 Å². The van der Waals surface area contributed by atoms with E-state index in [4.69, 9.17) is 12.2 Å². The van der Waals surface area contributed by atoms with Gasteiger partial charge in [0.1, 0.15) is 10.00 Å². The normalized spacial score (nSPS) is 9.74. The fraction of sp³-hybridized carbons (Fsp3) is 0.0909. The first-order chi connectivity index (χ1) is 9.20. The Morgan fingerprint density at radius 2 is 2.21 bits per heavy atom. The predicted molar refractivity (Wildman–Crippen MR) is 77.8 cm³/mol. The Hall–Kier alpha value is -2.06. The quantitative estimate of drug-likeness (QED) is 0.575. The Kier molecular flexibility index (Phi) is 4.37. The average Bonchev–Trinajstić information content (AvgIpc) is 2.95. The molecule has 0 bridgehead atoms. The number of hydrogen-bond donors (Lipinski definition) is 3. The molecule has 3 N–H and O–H groups in total. The zero-order valence-electron chi connectivity index (χ0n) is 10.0. The van der Waals surface area contributed by atoms with Crippen LogP contribution in [0.2, 0.25) is 0 Å². The summed E-state index contributed by atoms with van der Waals surface area (Å²) in [4.78, 5) is 20.5. The van der Waals surface area contributed by atoms with Gasteiger partial charge in [-0.15, -0.1) is 11.3 Å². The Balaban J connectivity index is 2.05. The van der Waals surface area contributed by atoms with Crippen LogP contribution in [0.15, 0.2) is 30.7 Å². The van der Waals surface area contributed by atoms with Gasteiger partial charge in [-0.3, -0.25) is 15.8 Å². The highest BCUT2D eigenvalue weighted by Crippen LogP contribution is 2.24. The van der Waals surface area contributed by atoms with E-state index in [2.05, 4.69) is 26.1 Å². The van der Waals surface area contributed by atoms with Gasteiger partial charge in [-0.1, -0.05) is 12.2 Å². The lowest BCUT2D eigenvalue weighted by Crippen LogP contribution is -2.45. The molecule has 19 heavy (non-hydrogen) atoms. The van der Waals surface area contributed by atoms with Crippen LogP contribution in [-0.2, 0) is 0 Å². The van der Waals surface area contributed by atoms with Crippen LogP contribution in [0.3, 0.4) is 0 Å². The van der Waals surface area contributed by atoms with E-state index >= 15 is 0 Å². The number of aromatic nitrogens is 2. The van der Waals surface area contributed by atoms with Gasteiger partial charge < -0.3 is 5.32 Å². The SMILES string of the molecule is CNC(=O)NNC(=S)c1cnc(-c2cccnc2)s1. The molecule has 0 spiro atoms. The Labute approximate surface area is 119 Å². The standard InChI is InChI=1S/C11H11N5OS2/c1-12-11(17)16-15-9(18)8-6-14-10(19-8)7-3-2-4-13-5-7/h2-6H,1H3,(H,15,18)(H2,12,16,17). The van der Waals surface area contributed by atoms with Crippen molar-refractivity contribution in [3.05, 3.63) is 35.6 Å². The number of amides is 2. The van der Waals surface area contributed by atoms with Gasteiger partial charge >= 0.3 is 6.03 Å². The summed E-state index contributed by atoms with van der Waals surface area (Å²) in [7, 11) is 1.52. The van der Waals surface area contributed by atoms with Gasteiger partial charge in [0.2, 0.25) is 0 Å². The maximum Gasteiger partial charge on any atom is 0.333 e. The summed E-state index contributed by atoms with van der Waals surface area (Å²) in [5, 5.41) is 3.24. The summed E-state index contributed by atoms with van der Waals surface area (Å²) < 4.78 is 0. The molecule has 0 saturated carbocycles. The van der Waals surface area contributed by atoms with Crippen LogP contribution >= 0.6 is 23.6 Å². The molecular weight excluding hydrogens is 282 g/mol. The van der Waals surface area contributed by atoms with Crippen molar-refractivity contribution >= 4 is 34.6 Å². The average molecular weight is 293 g/mol. The largest absolute Gasteiger partial charge is 0.340 e. The minimum Gasteiger partial charge on any atom is -0.340 e. The highest BCUT2D eigenvalue weighted by Gasteiger charge is 2.09. The van der Waals surface area contributed by atoms with Gasteiger partial charge in [-0.2, -0.15) is 0 Å². The third-order valence-electron chi connectivity index (χ3n) is 2.15. The molecular formula is C11H11N5OS2. The lowest BCUT2D eigenvalue weighted by atomic mass is 10.3. The summed E-state index contributed by atoms with van der Waals surface area (Å²) >= 11 is 6.58. The molecule has 2 amide bonds. The number of hydrazine groups is 1. The molecule has 0 aromatic carbocycles. The third kappa shape index (κ3) is 3.46. The van der Waals surface area contributed by atoms with E-state index in [1.165, 1.54) is 18.4 Å². The maximum atomic E-state index is 11.0. The molecule has 2 rings (SSSR count). The molecule has 0 radical (unpaired) electrons. The number of carbonyl (C=O) groups is 1. The summed E-state index contributed by atoms with van der Waals surface area (Å²) in [6, 6.07) is 3.41. The van der Waals surface area contributed by atoms with Crippen molar-refractivity contribution in [1.82, 2.24) is 26.1 Å². The summed E-state index contributed by atoms with van der Waals surface area (Å²) in [5.74, 6) is 0. The fourth-order valence-electron chi connectivity index (χ4n) is 1.24. The highest BCUT2D eigenvalue weighted by atomic mass is 32.1. The van der Waals surface area contributed by atoms with E-state index in [9.17, 15) is 4.79 Å². The molecule has 0 aliphatic carbocycles. The monoisotopic (exact) mass is 293 g/mol. The number of nitrogens with one attached hydrogen (secondary N) is 3. The second-order valence-corrected chi connectivity index (χ2v) is 4.87. The molecule has 0 fully saturated rings. The van der Waals surface area contributed by atoms with Gasteiger partial charge in [0.25, 0.3) is 0 Å². The second kappa shape index (κ2) is 6.21. The van der Waals surface area contributed by atoms with Crippen molar-refractivity contribution in [1.29, 1.82) is 0 Å². The Bertz CT molecular complexity index is 584. The molecule has 2 aromatic heterocycles. The first kappa shape index (κ1) is 13.4. The lowest BCUT2D eigenvalue weighted by molar-refractivity contribution is 0.241. The molecule has 0 saturated heterocycles. The molecule has 0 unspecified atom stereocenters. The molecule has 2 heterocycles. The van der Waals surface area contributed by atoms with E-state index in [-0.39, 0.29) is 6.03 Å². The van der Waals surface area contributed by atoms with Crippen LogP contribution in [0.25, 0.3) is 10.6 Å². The Morgan fingerprint density at radius 3 is 2.89 bits per heavy atom. The zero-order chi connectivity index (χ0) is 13.7. The van der Waals surface area contributed by atoms with E-state index in [0.717, 1.165) is 15.4 Å². The van der Waals surface area contributed by atoms with Crippen molar-refractivity contribution < 1.29 is 4.79 Å². The minimum absolute atomic E-state index is 0.362. The Morgan fingerprint density at radius 1 is 1.37 bits per heavy atom.